The molecule has 4 heteroatoms. The van der Waals surface area contributed by atoms with Crippen molar-refractivity contribution in [2.24, 2.45) is 0 Å². The molecule has 4 nitrogen and oxygen atoms in total. The third kappa shape index (κ3) is 1.29. The Labute approximate surface area is 83.6 Å². The fourth-order valence-corrected chi connectivity index (χ4v) is 2.48. The van der Waals surface area contributed by atoms with Crippen molar-refractivity contribution in [3.05, 3.63) is 0 Å². The van der Waals surface area contributed by atoms with Gasteiger partial charge in [0.25, 0.3) is 0 Å². The number of carbonyl (C=O) groups excluding carboxylic acids is 1. The maximum absolute atomic E-state index is 11.6. The maximum atomic E-state index is 11.6. The molecular formula is C10H16N2O2. The third-order valence-electron chi connectivity index (χ3n) is 3.42. The zero-order valence-electron chi connectivity index (χ0n) is 8.29. The third-order valence-corrected chi connectivity index (χ3v) is 3.42. The summed E-state index contributed by atoms with van der Waals surface area (Å²) in [5.74, 6) is 0. The molecule has 0 aromatic rings. The van der Waals surface area contributed by atoms with Crippen LogP contribution in [0.2, 0.25) is 0 Å². The number of carbonyl (C=O) groups is 1. The van der Waals surface area contributed by atoms with E-state index >= 15 is 0 Å². The molecule has 2 saturated heterocycles. The predicted octanol–water partition coefficient (Wildman–Crippen LogP) is 0.723. The highest BCUT2D eigenvalue weighted by molar-refractivity contribution is 5.71. The quantitative estimate of drug-likeness (QED) is 0.672. The summed E-state index contributed by atoms with van der Waals surface area (Å²) in [6.45, 7) is 2.70. The molecule has 1 N–H and O–H groups in total. The first-order valence-corrected chi connectivity index (χ1v) is 5.49. The Morgan fingerprint density at radius 1 is 1.50 bits per heavy atom. The minimum Gasteiger partial charge on any atom is -0.440 e. The van der Waals surface area contributed by atoms with Gasteiger partial charge in [-0.1, -0.05) is 0 Å². The highest BCUT2D eigenvalue weighted by Crippen LogP contribution is 2.36. The Balaban J connectivity index is 1.73. The second-order valence-corrected chi connectivity index (χ2v) is 4.69. The van der Waals surface area contributed by atoms with Crippen molar-refractivity contribution in [2.45, 2.75) is 37.3 Å². The van der Waals surface area contributed by atoms with Gasteiger partial charge in [-0.2, -0.15) is 0 Å². The lowest BCUT2D eigenvalue weighted by atomic mass is 9.94. The normalized spacial score (nSPS) is 37.7. The van der Waals surface area contributed by atoms with Crippen LogP contribution in [0.3, 0.4) is 0 Å². The van der Waals surface area contributed by atoms with E-state index in [-0.39, 0.29) is 11.7 Å². The Hall–Kier alpha value is -0.770. The van der Waals surface area contributed by atoms with Gasteiger partial charge in [-0.3, -0.25) is 0 Å². The molecule has 2 heterocycles. The van der Waals surface area contributed by atoms with Gasteiger partial charge in [-0.05, 0) is 32.2 Å². The number of amides is 1. The Morgan fingerprint density at radius 2 is 2.36 bits per heavy atom. The molecule has 0 aromatic heterocycles. The summed E-state index contributed by atoms with van der Waals surface area (Å²) in [6, 6.07) is 0.490. The largest absolute Gasteiger partial charge is 0.440 e. The molecule has 0 unspecified atom stereocenters. The molecule has 0 radical (unpaired) electrons. The Kier molecular flexibility index (Phi) is 1.74. The molecule has 78 valence electrons. The van der Waals surface area contributed by atoms with Crippen molar-refractivity contribution in [1.82, 2.24) is 10.2 Å². The van der Waals surface area contributed by atoms with Crippen LogP contribution in [0, 0.1) is 0 Å². The van der Waals surface area contributed by atoms with Crippen molar-refractivity contribution in [1.29, 1.82) is 0 Å². The Morgan fingerprint density at radius 3 is 3.00 bits per heavy atom. The van der Waals surface area contributed by atoms with E-state index in [4.69, 9.17) is 4.74 Å². The molecule has 1 amide bonds. The summed E-state index contributed by atoms with van der Waals surface area (Å²) in [7, 11) is 0. The number of ether oxygens (including phenoxy) is 1. The van der Waals surface area contributed by atoms with Crippen molar-refractivity contribution < 1.29 is 9.53 Å². The molecule has 2 aliphatic heterocycles. The number of hydrogen-bond donors (Lipinski definition) is 1. The van der Waals surface area contributed by atoms with Crippen LogP contribution in [0.15, 0.2) is 0 Å². The fraction of sp³-hybridized carbons (Fsp3) is 0.900. The summed E-state index contributed by atoms with van der Waals surface area (Å²) >= 11 is 0. The zero-order chi connectivity index (χ0) is 9.60. The highest BCUT2D eigenvalue weighted by Gasteiger charge is 2.49. The lowest BCUT2D eigenvalue weighted by molar-refractivity contribution is 0.0366. The average molecular weight is 196 g/mol. The molecule has 14 heavy (non-hydrogen) atoms. The summed E-state index contributed by atoms with van der Waals surface area (Å²) in [5, 5.41) is 3.31. The van der Waals surface area contributed by atoms with Crippen LogP contribution >= 0.6 is 0 Å². The van der Waals surface area contributed by atoms with E-state index in [1.807, 2.05) is 4.90 Å². The van der Waals surface area contributed by atoms with Gasteiger partial charge in [0, 0.05) is 12.6 Å². The van der Waals surface area contributed by atoms with Gasteiger partial charge in [0.15, 0.2) is 0 Å². The van der Waals surface area contributed by atoms with Crippen LogP contribution in [0.25, 0.3) is 0 Å². The van der Waals surface area contributed by atoms with E-state index in [0.717, 1.165) is 32.5 Å². The van der Waals surface area contributed by atoms with Crippen LogP contribution < -0.4 is 5.32 Å². The molecule has 3 rings (SSSR count). The van der Waals surface area contributed by atoms with Crippen LogP contribution in [-0.2, 0) is 4.74 Å². The van der Waals surface area contributed by atoms with Gasteiger partial charge in [-0.15, -0.1) is 0 Å². The van der Waals surface area contributed by atoms with Crippen LogP contribution in [0.5, 0.6) is 0 Å². The smallest absolute Gasteiger partial charge is 0.410 e. The Bertz CT molecular complexity index is 257. The lowest BCUT2D eigenvalue weighted by Crippen LogP contribution is -2.48. The molecular weight excluding hydrogens is 180 g/mol. The van der Waals surface area contributed by atoms with Gasteiger partial charge in [-0.25, -0.2) is 4.79 Å². The van der Waals surface area contributed by atoms with E-state index in [2.05, 4.69) is 5.32 Å². The van der Waals surface area contributed by atoms with E-state index in [0.29, 0.717) is 6.04 Å². The fourth-order valence-electron chi connectivity index (χ4n) is 2.48. The molecule has 3 fully saturated rings. The molecule has 1 spiro atoms. The second-order valence-electron chi connectivity index (χ2n) is 4.69. The van der Waals surface area contributed by atoms with E-state index in [1.165, 1.54) is 12.8 Å². The van der Waals surface area contributed by atoms with Crippen molar-refractivity contribution >= 4 is 6.09 Å². The number of nitrogens with zero attached hydrogens (tertiary/aromatic N) is 1. The molecule has 1 aliphatic carbocycles. The molecule has 1 saturated carbocycles. The van der Waals surface area contributed by atoms with Gasteiger partial charge in [0.1, 0.15) is 5.60 Å². The number of hydrogen-bond acceptors (Lipinski definition) is 3. The molecule has 0 aromatic carbocycles. The van der Waals surface area contributed by atoms with Crippen LogP contribution in [-0.4, -0.2) is 42.3 Å². The predicted molar refractivity (Wildman–Crippen MR) is 51.0 cm³/mol. The topological polar surface area (TPSA) is 41.6 Å². The zero-order valence-corrected chi connectivity index (χ0v) is 8.29. The van der Waals surface area contributed by atoms with Crippen molar-refractivity contribution in [3.63, 3.8) is 0 Å². The van der Waals surface area contributed by atoms with Gasteiger partial charge in [0.2, 0.25) is 0 Å². The first kappa shape index (κ1) is 8.53. The minimum absolute atomic E-state index is 0.0869. The average Bonchev–Trinajstić information content (AvgIpc) is 2.95. The van der Waals surface area contributed by atoms with Crippen LogP contribution in [0.4, 0.5) is 4.79 Å². The summed E-state index contributed by atoms with van der Waals surface area (Å²) in [5.41, 5.74) is -0.197. The lowest BCUT2D eigenvalue weighted by Gasteiger charge is -2.31. The van der Waals surface area contributed by atoms with Gasteiger partial charge < -0.3 is 15.0 Å². The van der Waals surface area contributed by atoms with Crippen molar-refractivity contribution in [2.75, 3.05) is 19.6 Å². The van der Waals surface area contributed by atoms with Gasteiger partial charge >= 0.3 is 6.09 Å². The highest BCUT2D eigenvalue weighted by atomic mass is 16.6. The number of rotatable bonds is 1. The SMILES string of the molecule is O=C1O[C@]2(CCCNC2)CN1C1CC1. The number of nitrogens with one attached hydrogen (secondary N) is 1. The molecule has 1 atom stereocenters. The minimum atomic E-state index is -0.197. The monoisotopic (exact) mass is 196 g/mol. The van der Waals surface area contributed by atoms with Gasteiger partial charge in [0.05, 0.1) is 6.54 Å². The molecule has 0 bridgehead atoms. The molecule has 3 aliphatic rings. The van der Waals surface area contributed by atoms with E-state index < -0.39 is 0 Å². The first-order chi connectivity index (χ1) is 6.79. The van der Waals surface area contributed by atoms with E-state index in [9.17, 15) is 4.79 Å². The van der Waals surface area contributed by atoms with Crippen LogP contribution in [0.1, 0.15) is 25.7 Å². The summed E-state index contributed by atoms with van der Waals surface area (Å²) < 4.78 is 5.53. The maximum Gasteiger partial charge on any atom is 0.410 e. The van der Waals surface area contributed by atoms with Crippen molar-refractivity contribution in [3.8, 4) is 0 Å². The second kappa shape index (κ2) is 2.86. The first-order valence-electron chi connectivity index (χ1n) is 5.49. The number of piperidine rings is 1. The van der Waals surface area contributed by atoms with E-state index in [1.54, 1.807) is 0 Å². The standard InChI is InChI=1S/C10H16N2O2/c13-9-12(8-2-3-8)7-10(14-9)4-1-5-11-6-10/h8,11H,1-7H2/t10-/m0/s1. The summed E-state index contributed by atoms with van der Waals surface area (Å²) in [6.07, 6.45) is 4.38. The summed E-state index contributed by atoms with van der Waals surface area (Å²) in [4.78, 5) is 13.5.